The first kappa shape index (κ1) is 17.4. The third-order valence-corrected chi connectivity index (χ3v) is 5.14. The average Bonchev–Trinajstić information content (AvgIpc) is 2.87. The van der Waals surface area contributed by atoms with Gasteiger partial charge in [0.25, 0.3) is 5.91 Å². The van der Waals surface area contributed by atoms with Crippen LogP contribution < -0.4 is 10.1 Å². The highest BCUT2D eigenvalue weighted by Crippen LogP contribution is 2.36. The Morgan fingerprint density at radius 1 is 1.41 bits per heavy atom. The number of hydrogen-bond acceptors (Lipinski definition) is 4. The molecule has 124 valence electrons. The zero-order valence-electron chi connectivity index (χ0n) is 12.2. The first-order valence-electron chi connectivity index (χ1n) is 7.15. The topological polar surface area (TPSA) is 41.6 Å². The van der Waals surface area contributed by atoms with Crippen molar-refractivity contribution < 1.29 is 18.3 Å². The fourth-order valence-electron chi connectivity index (χ4n) is 3.25. The summed E-state index contributed by atoms with van der Waals surface area (Å²) in [6, 6.07) is 1.88. The lowest BCUT2D eigenvalue weighted by molar-refractivity contribution is -0.0499. The number of fused-ring (bicyclic) bond motifs is 2. The summed E-state index contributed by atoms with van der Waals surface area (Å²) in [6.45, 7) is 0.554. The lowest BCUT2D eigenvalue weighted by Crippen LogP contribution is -2.42. The summed E-state index contributed by atoms with van der Waals surface area (Å²) < 4.78 is 29.5. The van der Waals surface area contributed by atoms with Crippen molar-refractivity contribution in [2.45, 2.75) is 44.9 Å². The average molecular weight is 353 g/mol. The summed E-state index contributed by atoms with van der Waals surface area (Å²) in [4.78, 5) is 15.8. The van der Waals surface area contributed by atoms with E-state index in [2.05, 4.69) is 10.1 Å². The summed E-state index contributed by atoms with van der Waals surface area (Å²) in [7, 11) is 0. The highest BCUT2D eigenvalue weighted by Gasteiger charge is 2.39. The summed E-state index contributed by atoms with van der Waals surface area (Å²) in [6.07, 6.45) is 2.88. The van der Waals surface area contributed by atoms with Gasteiger partial charge < -0.3 is 15.0 Å². The number of aryl methyl sites for hydroxylation is 1. The van der Waals surface area contributed by atoms with Gasteiger partial charge in [0.2, 0.25) is 0 Å². The number of rotatable bonds is 3. The molecule has 1 N–H and O–H groups in total. The van der Waals surface area contributed by atoms with E-state index >= 15 is 0 Å². The van der Waals surface area contributed by atoms with E-state index in [-0.39, 0.29) is 36.1 Å². The first-order valence-corrected chi connectivity index (χ1v) is 7.96. The molecule has 0 spiro atoms. The lowest BCUT2D eigenvalue weighted by atomic mass is 10.1. The Bertz CT molecular complexity index is 527. The maximum absolute atomic E-state index is 12.8. The Kier molecular flexibility index (Phi) is 5.63. The molecule has 2 atom stereocenters. The molecule has 1 aromatic heterocycles. The van der Waals surface area contributed by atoms with Crippen LogP contribution in [-0.4, -0.2) is 42.6 Å². The van der Waals surface area contributed by atoms with Crippen LogP contribution in [0, 0.1) is 6.92 Å². The maximum Gasteiger partial charge on any atom is 0.387 e. The van der Waals surface area contributed by atoms with E-state index in [4.69, 9.17) is 0 Å². The third-order valence-electron chi connectivity index (χ3n) is 4.12. The molecule has 22 heavy (non-hydrogen) atoms. The molecule has 1 aromatic rings. The number of ether oxygens (including phenoxy) is 1. The molecule has 2 aliphatic heterocycles. The second-order valence-corrected chi connectivity index (χ2v) is 6.78. The van der Waals surface area contributed by atoms with Gasteiger partial charge >= 0.3 is 6.61 Å². The van der Waals surface area contributed by atoms with E-state index in [0.717, 1.165) is 37.2 Å². The zero-order valence-corrected chi connectivity index (χ0v) is 13.8. The van der Waals surface area contributed by atoms with Crippen molar-refractivity contribution in [3.8, 4) is 5.75 Å². The van der Waals surface area contributed by atoms with Gasteiger partial charge in [-0.3, -0.25) is 4.79 Å². The molecule has 3 heterocycles. The lowest BCUT2D eigenvalue weighted by Gasteiger charge is -2.27. The summed E-state index contributed by atoms with van der Waals surface area (Å²) >= 11 is 1.23. The van der Waals surface area contributed by atoms with Crippen LogP contribution in [0.2, 0.25) is 0 Å². The summed E-state index contributed by atoms with van der Waals surface area (Å²) in [5, 5.41) is 3.33. The zero-order chi connectivity index (χ0) is 15.0. The van der Waals surface area contributed by atoms with Gasteiger partial charge in [-0.05, 0) is 38.8 Å². The van der Waals surface area contributed by atoms with E-state index in [0.29, 0.717) is 4.88 Å². The molecule has 0 aliphatic carbocycles. The van der Waals surface area contributed by atoms with E-state index in [9.17, 15) is 13.6 Å². The van der Waals surface area contributed by atoms with Crippen LogP contribution in [-0.2, 0) is 0 Å². The summed E-state index contributed by atoms with van der Waals surface area (Å²) in [5.74, 6) is -0.158. The van der Waals surface area contributed by atoms with Crippen molar-refractivity contribution in [2.24, 2.45) is 0 Å². The van der Waals surface area contributed by atoms with Crippen molar-refractivity contribution in [3.05, 3.63) is 15.8 Å². The third kappa shape index (κ3) is 3.36. The molecule has 8 heteroatoms. The fraction of sp³-hybridized carbons (Fsp3) is 0.643. The van der Waals surface area contributed by atoms with Crippen LogP contribution in [0.1, 0.15) is 33.8 Å². The molecule has 3 rings (SSSR count). The Balaban J connectivity index is 0.00000176. The second-order valence-electron chi connectivity index (χ2n) is 5.52. The van der Waals surface area contributed by atoms with Gasteiger partial charge in [-0.2, -0.15) is 8.78 Å². The normalized spacial score (nSPS) is 24.1. The van der Waals surface area contributed by atoms with Gasteiger partial charge in [0, 0.05) is 23.5 Å². The van der Waals surface area contributed by atoms with Crippen molar-refractivity contribution in [2.75, 3.05) is 13.1 Å². The van der Waals surface area contributed by atoms with Gasteiger partial charge in [0.15, 0.2) is 0 Å². The number of nitrogens with zero attached hydrogens (tertiary/aromatic N) is 1. The number of halogens is 3. The Morgan fingerprint density at radius 2 is 2.14 bits per heavy atom. The number of carbonyl (C=O) groups is 1. The maximum atomic E-state index is 12.8. The molecule has 0 radical (unpaired) electrons. The van der Waals surface area contributed by atoms with Gasteiger partial charge in [-0.1, -0.05) is 0 Å². The molecular formula is C14H19ClF2N2O2S. The standard InChI is InChI=1S/C14H18F2N2O2S.ClH/c1-8-6-11(20-14(15)16)12(21-8)13(19)18-9-2-3-10(18)7-17-5-4-9;/h6,9-10,14,17H,2-5,7H2,1H3;1H. The Morgan fingerprint density at radius 3 is 2.86 bits per heavy atom. The predicted octanol–water partition coefficient (Wildman–Crippen LogP) is 3.05. The predicted molar refractivity (Wildman–Crippen MR) is 83.4 cm³/mol. The molecule has 2 aliphatic rings. The van der Waals surface area contributed by atoms with E-state index in [1.165, 1.54) is 17.4 Å². The molecular weight excluding hydrogens is 334 g/mol. The van der Waals surface area contributed by atoms with Crippen LogP contribution in [0.5, 0.6) is 5.75 Å². The van der Waals surface area contributed by atoms with E-state index in [1.54, 1.807) is 6.92 Å². The van der Waals surface area contributed by atoms with Crippen LogP contribution in [0.4, 0.5) is 8.78 Å². The SMILES string of the molecule is Cc1cc(OC(F)F)c(C(=O)N2C3CCNCC2CC3)s1.Cl. The molecule has 2 unspecified atom stereocenters. The van der Waals surface area contributed by atoms with Crippen LogP contribution in [0.25, 0.3) is 0 Å². The highest BCUT2D eigenvalue weighted by atomic mass is 35.5. The monoisotopic (exact) mass is 352 g/mol. The van der Waals surface area contributed by atoms with Crippen LogP contribution in [0.15, 0.2) is 6.07 Å². The minimum atomic E-state index is -2.91. The van der Waals surface area contributed by atoms with Gasteiger partial charge in [0.05, 0.1) is 0 Å². The van der Waals surface area contributed by atoms with Gasteiger partial charge in [-0.15, -0.1) is 23.7 Å². The van der Waals surface area contributed by atoms with Crippen molar-refractivity contribution >= 4 is 29.7 Å². The van der Waals surface area contributed by atoms with Crippen molar-refractivity contribution in [1.82, 2.24) is 10.2 Å². The summed E-state index contributed by atoms with van der Waals surface area (Å²) in [5.41, 5.74) is 0. The second kappa shape index (κ2) is 7.10. The molecule has 2 bridgehead atoms. The molecule has 2 fully saturated rings. The molecule has 2 saturated heterocycles. The van der Waals surface area contributed by atoms with Gasteiger partial charge in [0.1, 0.15) is 10.6 Å². The van der Waals surface area contributed by atoms with Crippen LogP contribution in [0.3, 0.4) is 0 Å². The highest BCUT2D eigenvalue weighted by molar-refractivity contribution is 7.14. The minimum Gasteiger partial charge on any atom is -0.433 e. The largest absolute Gasteiger partial charge is 0.433 e. The number of carbonyl (C=O) groups excluding carboxylic acids is 1. The van der Waals surface area contributed by atoms with Crippen LogP contribution >= 0.6 is 23.7 Å². The Labute approximate surface area is 138 Å². The molecule has 0 aromatic carbocycles. The van der Waals surface area contributed by atoms with Crippen molar-refractivity contribution in [1.29, 1.82) is 0 Å². The van der Waals surface area contributed by atoms with E-state index in [1.807, 2.05) is 4.90 Å². The molecule has 1 amide bonds. The number of amides is 1. The number of thiophene rings is 1. The molecule has 0 saturated carbocycles. The quantitative estimate of drug-likeness (QED) is 0.909. The fourth-order valence-corrected chi connectivity index (χ4v) is 4.14. The first-order chi connectivity index (χ1) is 10.1. The van der Waals surface area contributed by atoms with E-state index < -0.39 is 6.61 Å². The number of nitrogens with one attached hydrogen (secondary N) is 1. The smallest absolute Gasteiger partial charge is 0.387 e. The van der Waals surface area contributed by atoms with Gasteiger partial charge in [-0.25, -0.2) is 0 Å². The minimum absolute atomic E-state index is 0. The van der Waals surface area contributed by atoms with Crippen molar-refractivity contribution in [3.63, 3.8) is 0 Å². The molecule has 4 nitrogen and oxygen atoms in total. The Hall–Kier alpha value is -0.920. The number of alkyl halides is 2. The number of hydrogen-bond donors (Lipinski definition) is 1.